The van der Waals surface area contributed by atoms with E-state index in [1.165, 1.54) is 0 Å². The summed E-state index contributed by atoms with van der Waals surface area (Å²) in [6.45, 7) is 20.1. The minimum atomic E-state index is -1.92. The molecule has 0 amide bonds. The third-order valence-corrected chi connectivity index (χ3v) is 13.9. The monoisotopic (exact) mass is 516 g/mol. The number of allylic oxidation sites excluding steroid dienone is 2. The molecule has 0 nitrogen and oxygen atoms in total. The van der Waals surface area contributed by atoms with E-state index in [-0.39, 0.29) is 54.8 Å². The van der Waals surface area contributed by atoms with Crippen molar-refractivity contribution in [2.75, 3.05) is 0 Å². The Morgan fingerprint density at radius 2 is 0.969 bits per heavy atom. The largest absolute Gasteiger partial charge is 1.00 e. The van der Waals surface area contributed by atoms with Gasteiger partial charge in [0.05, 0.1) is 0 Å². The van der Waals surface area contributed by atoms with Gasteiger partial charge in [0.15, 0.2) is 0 Å². The Bertz CT molecular complexity index is 1040. The van der Waals surface area contributed by atoms with Crippen LogP contribution in [0.2, 0.25) is 13.1 Å². The van der Waals surface area contributed by atoms with Gasteiger partial charge in [-0.25, -0.2) is 0 Å². The standard InChI is InChI=1S/C28H34Si.2ClH.Ti/c1-27(2,3)23-17-19-13-9-11-15-21(19)25(23)29(7,8)26-22-16-12-10-14-20(22)18-24(26)28(4,5)6;;;/h9-18H,1-8H3;2*1H;/q;;;+2/p-2. The molecule has 0 N–H and O–H groups in total. The Balaban J connectivity index is 0.00000144. The quantitative estimate of drug-likeness (QED) is 0.470. The predicted molar refractivity (Wildman–Crippen MR) is 129 cm³/mol. The molecule has 168 valence electrons. The molecule has 2 aromatic rings. The fourth-order valence-electron chi connectivity index (χ4n) is 6.44. The number of halogens is 2. The number of hydrogen-bond acceptors (Lipinski definition) is 0. The first-order chi connectivity index (χ1) is 13.9. The van der Waals surface area contributed by atoms with Crippen LogP contribution >= 0.6 is 0 Å². The molecule has 2 aromatic carbocycles. The van der Waals surface area contributed by atoms with Gasteiger partial charge in [-0.15, -0.1) is 0 Å². The molecule has 2 unspecified atom stereocenters. The van der Waals surface area contributed by atoms with Gasteiger partial charge in [0.25, 0.3) is 0 Å². The molecule has 0 saturated carbocycles. The molecule has 0 aromatic heterocycles. The van der Waals surface area contributed by atoms with Gasteiger partial charge in [0.2, 0.25) is 0 Å². The first-order valence-corrected chi connectivity index (χ1v) is 16.2. The van der Waals surface area contributed by atoms with E-state index in [0.717, 1.165) is 0 Å². The van der Waals surface area contributed by atoms with Crippen molar-refractivity contribution >= 4 is 18.5 Å². The second-order valence-electron chi connectivity index (χ2n) is 11.9. The van der Waals surface area contributed by atoms with Gasteiger partial charge in [-0.2, -0.15) is 0 Å². The molecule has 0 saturated heterocycles. The zero-order valence-corrected chi connectivity index (χ0v) is 24.6. The summed E-state index contributed by atoms with van der Waals surface area (Å²) in [5.74, 6) is 0. The summed E-state index contributed by atoms with van der Waals surface area (Å²) in [6.07, 6.45) is 0. The smallest absolute Gasteiger partial charge is 1.00 e. The summed E-state index contributed by atoms with van der Waals surface area (Å²) in [5, 5.41) is 3.54. The van der Waals surface area contributed by atoms with Crippen molar-refractivity contribution in [2.45, 2.75) is 63.1 Å². The second kappa shape index (κ2) is 8.28. The molecular formula is C28H34Cl2SiTi. The zero-order valence-electron chi connectivity index (χ0n) is 20.5. The summed E-state index contributed by atoms with van der Waals surface area (Å²) in [6, 6.07) is 18.9. The summed E-state index contributed by atoms with van der Waals surface area (Å²) < 4.78 is 1.33. The van der Waals surface area contributed by atoms with Crippen molar-refractivity contribution in [3.8, 4) is 0 Å². The third-order valence-electron chi connectivity index (χ3n) is 7.40. The maximum Gasteiger partial charge on any atom is -1.00 e. The van der Waals surface area contributed by atoms with Crippen molar-refractivity contribution in [2.24, 2.45) is 10.8 Å². The first kappa shape index (κ1) is 26.0. The average molecular weight is 517 g/mol. The summed E-state index contributed by atoms with van der Waals surface area (Å²) in [5.41, 5.74) is 10.5. The molecule has 3 aliphatic rings. The Hall–Kier alpha value is -0.569. The third kappa shape index (κ3) is 3.59. The van der Waals surface area contributed by atoms with E-state index in [2.05, 4.69) is 103 Å². The van der Waals surface area contributed by atoms with Gasteiger partial charge in [0, 0.05) is 0 Å². The van der Waals surface area contributed by atoms with Gasteiger partial charge in [-0.1, -0.05) is 0 Å². The van der Waals surface area contributed by atoms with E-state index in [0.29, 0.717) is 8.45 Å². The van der Waals surface area contributed by atoms with Crippen LogP contribution in [0, 0.1) is 10.8 Å². The SMILES string of the molecule is CC(C)(C)C1=C2c3ccccc3[CH]1[Ti+2][CH]1C(C(C)(C)C)=C(c3ccccc31)[Si]2(C)C.[Cl-].[Cl-]. The molecule has 0 spiro atoms. The summed E-state index contributed by atoms with van der Waals surface area (Å²) in [7, 11) is -1.92. The van der Waals surface area contributed by atoms with Crippen LogP contribution in [0.4, 0.5) is 0 Å². The molecule has 32 heavy (non-hydrogen) atoms. The Morgan fingerprint density at radius 3 is 1.31 bits per heavy atom. The normalized spacial score (nSPS) is 22.5. The van der Waals surface area contributed by atoms with E-state index in [9.17, 15) is 0 Å². The van der Waals surface area contributed by atoms with Crippen LogP contribution in [-0.2, 0) is 19.2 Å². The number of benzene rings is 2. The minimum absolute atomic E-state index is 0. The van der Waals surface area contributed by atoms with Crippen LogP contribution in [-0.4, -0.2) is 8.07 Å². The Kier molecular flexibility index (Phi) is 6.74. The van der Waals surface area contributed by atoms with Crippen LogP contribution in [0.25, 0.3) is 10.4 Å². The van der Waals surface area contributed by atoms with Crippen LogP contribution in [0.1, 0.15) is 72.2 Å². The molecule has 0 fully saturated rings. The average Bonchev–Trinajstić information content (AvgIpc) is 3.17. The Morgan fingerprint density at radius 1 is 0.625 bits per heavy atom. The summed E-state index contributed by atoms with van der Waals surface area (Å²) in [4.78, 5) is 0. The van der Waals surface area contributed by atoms with E-state index in [1.807, 2.05) is 0 Å². The second-order valence-corrected chi connectivity index (χ2v) is 18.5. The fourth-order valence-corrected chi connectivity index (χ4v) is 15.5. The Labute approximate surface area is 217 Å². The van der Waals surface area contributed by atoms with Crippen molar-refractivity contribution in [1.82, 2.24) is 0 Å². The summed E-state index contributed by atoms with van der Waals surface area (Å²) >= 11 is -0.285. The minimum Gasteiger partial charge on any atom is -1.00 e. The van der Waals surface area contributed by atoms with Crippen molar-refractivity contribution in [1.29, 1.82) is 0 Å². The molecule has 1 heterocycles. The van der Waals surface area contributed by atoms with Crippen LogP contribution in [0.3, 0.4) is 0 Å². The van der Waals surface area contributed by atoms with Crippen molar-refractivity contribution in [3.05, 3.63) is 81.9 Å². The van der Waals surface area contributed by atoms with E-state index in [4.69, 9.17) is 0 Å². The first-order valence-electron chi connectivity index (χ1n) is 11.4. The maximum atomic E-state index is 2.65. The van der Waals surface area contributed by atoms with E-state index >= 15 is 0 Å². The van der Waals surface area contributed by atoms with E-state index in [1.54, 1.807) is 43.8 Å². The maximum absolute atomic E-state index is 2.65. The van der Waals surface area contributed by atoms with Crippen LogP contribution < -0.4 is 24.8 Å². The van der Waals surface area contributed by atoms with Gasteiger partial charge < -0.3 is 24.8 Å². The molecule has 2 aliphatic carbocycles. The molecule has 2 atom stereocenters. The number of rotatable bonds is 0. The fraction of sp³-hybridized carbons (Fsp3) is 0.429. The molecular weight excluding hydrogens is 483 g/mol. The van der Waals surface area contributed by atoms with Crippen molar-refractivity contribution in [3.63, 3.8) is 0 Å². The molecule has 5 rings (SSSR count). The van der Waals surface area contributed by atoms with Crippen LogP contribution in [0.5, 0.6) is 0 Å². The van der Waals surface area contributed by atoms with Gasteiger partial charge in [-0.3, -0.25) is 0 Å². The van der Waals surface area contributed by atoms with Gasteiger partial charge in [-0.05, 0) is 0 Å². The van der Waals surface area contributed by atoms with Crippen LogP contribution in [0.15, 0.2) is 59.7 Å². The topological polar surface area (TPSA) is 0 Å². The molecule has 0 radical (unpaired) electrons. The molecule has 4 bridgehead atoms. The number of fused-ring (bicyclic) bond motifs is 8. The molecule has 4 heteroatoms. The van der Waals surface area contributed by atoms with Gasteiger partial charge >= 0.3 is 193 Å². The van der Waals surface area contributed by atoms with Crippen molar-refractivity contribution < 1.29 is 44.0 Å². The van der Waals surface area contributed by atoms with Gasteiger partial charge in [0.1, 0.15) is 0 Å². The number of hydrogen-bond donors (Lipinski definition) is 0. The predicted octanol–water partition coefficient (Wildman–Crippen LogP) is 1.99. The molecule has 1 aliphatic heterocycles. The zero-order chi connectivity index (χ0) is 21.6. The van der Waals surface area contributed by atoms with E-state index < -0.39 is 8.07 Å².